The van der Waals surface area contributed by atoms with Gasteiger partial charge in [0.05, 0.1) is 5.92 Å². The molecular formula is C17H11Cl2NO4. The van der Waals surface area contributed by atoms with Gasteiger partial charge in [-0.2, -0.15) is 0 Å². The van der Waals surface area contributed by atoms with Crippen LogP contribution in [0, 0.1) is 0 Å². The molecule has 5 nitrogen and oxygen atoms in total. The third kappa shape index (κ3) is 2.16. The number of rotatable bonds is 2. The average Bonchev–Trinajstić information content (AvgIpc) is 2.91. The van der Waals surface area contributed by atoms with Crippen LogP contribution in [-0.2, 0) is 4.79 Å². The van der Waals surface area contributed by atoms with E-state index in [1.54, 1.807) is 30.3 Å². The van der Waals surface area contributed by atoms with E-state index in [-0.39, 0.29) is 5.92 Å². The quantitative estimate of drug-likeness (QED) is 0.797. The SMILES string of the molecule is O=Cc1ccc2c(c1)C1c3c(Cl)cc(Cl)cc3NC(C(=O)O)C1O2. The predicted octanol–water partition coefficient (Wildman–Crippen LogP) is 3.58. The smallest absolute Gasteiger partial charge is 0.330 e. The Balaban J connectivity index is 1.96. The number of aliphatic carboxylic acids is 1. The maximum absolute atomic E-state index is 11.7. The van der Waals surface area contributed by atoms with Crippen molar-refractivity contribution in [2.45, 2.75) is 18.1 Å². The standard InChI is InChI=1S/C17H11Cl2NO4/c18-8-4-10(19)14-11(5-8)20-15(17(22)23)16-13(14)9-3-7(6-21)1-2-12(9)24-16/h1-6,13,15-16,20H,(H,22,23). The van der Waals surface area contributed by atoms with Gasteiger partial charge in [0.25, 0.3) is 0 Å². The molecule has 0 bridgehead atoms. The van der Waals surface area contributed by atoms with Crippen LogP contribution in [0.3, 0.4) is 0 Å². The van der Waals surface area contributed by atoms with Crippen LogP contribution in [0.4, 0.5) is 5.69 Å². The third-order valence-electron chi connectivity index (χ3n) is 4.41. The molecule has 24 heavy (non-hydrogen) atoms. The molecule has 7 heteroatoms. The molecule has 0 fully saturated rings. The molecule has 2 aliphatic rings. The summed E-state index contributed by atoms with van der Waals surface area (Å²) in [5.74, 6) is -0.861. The van der Waals surface area contributed by atoms with Crippen LogP contribution in [0.5, 0.6) is 5.75 Å². The lowest BCUT2D eigenvalue weighted by Gasteiger charge is -2.34. The second-order valence-corrected chi connectivity index (χ2v) is 6.63. The normalized spacial score (nSPS) is 23.3. The molecule has 0 spiro atoms. The fraction of sp³-hybridized carbons (Fsp3) is 0.176. The first-order valence-electron chi connectivity index (χ1n) is 7.23. The average molecular weight is 364 g/mol. The maximum Gasteiger partial charge on any atom is 0.330 e. The molecule has 0 aromatic heterocycles. The van der Waals surface area contributed by atoms with Crippen molar-refractivity contribution in [2.75, 3.05) is 5.32 Å². The minimum Gasteiger partial charge on any atom is -0.486 e. The van der Waals surface area contributed by atoms with Crippen molar-refractivity contribution >= 4 is 41.1 Å². The van der Waals surface area contributed by atoms with Crippen molar-refractivity contribution in [1.82, 2.24) is 0 Å². The third-order valence-corrected chi connectivity index (χ3v) is 4.94. The van der Waals surface area contributed by atoms with Gasteiger partial charge < -0.3 is 15.2 Å². The van der Waals surface area contributed by atoms with Gasteiger partial charge in [0.15, 0.2) is 6.04 Å². The largest absolute Gasteiger partial charge is 0.486 e. The van der Waals surface area contributed by atoms with Crippen molar-refractivity contribution in [2.24, 2.45) is 0 Å². The Hall–Kier alpha value is -2.24. The van der Waals surface area contributed by atoms with E-state index in [4.69, 9.17) is 27.9 Å². The number of halogens is 2. The molecule has 2 aromatic carbocycles. The lowest BCUT2D eigenvalue weighted by atomic mass is 9.81. The second-order valence-electron chi connectivity index (χ2n) is 5.78. The van der Waals surface area contributed by atoms with E-state index in [1.807, 2.05) is 0 Å². The second kappa shape index (κ2) is 5.40. The summed E-state index contributed by atoms with van der Waals surface area (Å²) in [6.07, 6.45) is 0.0823. The van der Waals surface area contributed by atoms with Gasteiger partial charge in [-0.05, 0) is 30.3 Å². The summed E-state index contributed by atoms with van der Waals surface area (Å²) in [5, 5.41) is 13.4. The Bertz CT molecular complexity index is 883. The van der Waals surface area contributed by atoms with E-state index in [2.05, 4.69) is 5.32 Å². The van der Waals surface area contributed by atoms with Gasteiger partial charge in [-0.1, -0.05) is 23.2 Å². The van der Waals surface area contributed by atoms with Gasteiger partial charge in [-0.3, -0.25) is 4.79 Å². The summed E-state index contributed by atoms with van der Waals surface area (Å²) in [6, 6.07) is 7.34. The zero-order valence-electron chi connectivity index (χ0n) is 12.1. The Morgan fingerprint density at radius 1 is 1.25 bits per heavy atom. The summed E-state index contributed by atoms with van der Waals surface area (Å²) in [6.45, 7) is 0. The minimum atomic E-state index is -1.03. The first-order chi connectivity index (χ1) is 11.5. The van der Waals surface area contributed by atoms with Gasteiger partial charge >= 0.3 is 5.97 Å². The highest BCUT2D eigenvalue weighted by atomic mass is 35.5. The fourth-order valence-electron chi connectivity index (χ4n) is 3.43. The molecule has 2 aliphatic heterocycles. The van der Waals surface area contributed by atoms with Crippen LogP contribution < -0.4 is 10.1 Å². The van der Waals surface area contributed by atoms with Crippen molar-refractivity contribution in [3.05, 3.63) is 57.1 Å². The first-order valence-corrected chi connectivity index (χ1v) is 7.99. The highest BCUT2D eigenvalue weighted by Crippen LogP contribution is 2.51. The number of ether oxygens (including phenoxy) is 1. The lowest BCUT2D eigenvalue weighted by molar-refractivity contribution is -0.140. The number of nitrogens with one attached hydrogen (secondary N) is 1. The van der Waals surface area contributed by atoms with E-state index >= 15 is 0 Å². The van der Waals surface area contributed by atoms with Gasteiger partial charge in [0, 0.05) is 32.4 Å². The van der Waals surface area contributed by atoms with Crippen molar-refractivity contribution in [1.29, 1.82) is 0 Å². The number of fused-ring (bicyclic) bond motifs is 5. The predicted molar refractivity (Wildman–Crippen MR) is 89.6 cm³/mol. The molecule has 0 radical (unpaired) electrons. The molecule has 122 valence electrons. The van der Waals surface area contributed by atoms with Gasteiger partial charge in [0.2, 0.25) is 0 Å². The zero-order valence-corrected chi connectivity index (χ0v) is 13.6. The van der Waals surface area contributed by atoms with Gasteiger partial charge in [-0.15, -0.1) is 0 Å². The molecule has 2 N–H and O–H groups in total. The van der Waals surface area contributed by atoms with Crippen molar-refractivity contribution < 1.29 is 19.4 Å². The van der Waals surface area contributed by atoms with Crippen LogP contribution in [0.2, 0.25) is 10.0 Å². The Labute approximate surface area is 147 Å². The van der Waals surface area contributed by atoms with E-state index < -0.39 is 18.1 Å². The summed E-state index contributed by atoms with van der Waals surface area (Å²) >= 11 is 12.4. The van der Waals surface area contributed by atoms with Gasteiger partial charge in [0.1, 0.15) is 18.1 Å². The van der Waals surface area contributed by atoms with E-state index in [0.717, 1.165) is 17.4 Å². The number of carbonyl (C=O) groups excluding carboxylic acids is 1. The van der Waals surface area contributed by atoms with Crippen molar-refractivity contribution in [3.8, 4) is 5.75 Å². The number of carboxylic acid groups (broad SMARTS) is 1. The molecule has 4 rings (SSSR count). The Morgan fingerprint density at radius 3 is 2.75 bits per heavy atom. The number of aldehydes is 1. The van der Waals surface area contributed by atoms with E-state index in [9.17, 15) is 14.7 Å². The summed E-state index contributed by atoms with van der Waals surface area (Å²) < 4.78 is 5.88. The summed E-state index contributed by atoms with van der Waals surface area (Å²) in [5.41, 5.74) is 2.54. The number of carboxylic acids is 1. The minimum absolute atomic E-state index is 0.387. The van der Waals surface area contributed by atoms with Crippen LogP contribution in [0.25, 0.3) is 0 Å². The number of carbonyl (C=O) groups is 2. The van der Waals surface area contributed by atoms with Crippen LogP contribution >= 0.6 is 23.2 Å². The van der Waals surface area contributed by atoms with E-state index in [1.165, 1.54) is 0 Å². The van der Waals surface area contributed by atoms with Crippen LogP contribution in [0.15, 0.2) is 30.3 Å². The highest BCUT2D eigenvalue weighted by Gasteiger charge is 2.48. The number of hydrogen-bond donors (Lipinski definition) is 2. The molecule has 3 atom stereocenters. The molecule has 0 saturated carbocycles. The molecule has 0 aliphatic carbocycles. The fourth-order valence-corrected chi connectivity index (χ4v) is 4.05. The van der Waals surface area contributed by atoms with Gasteiger partial charge in [-0.25, -0.2) is 4.79 Å². The molecule has 3 unspecified atom stereocenters. The molecular weight excluding hydrogens is 353 g/mol. The highest BCUT2D eigenvalue weighted by molar-refractivity contribution is 6.35. The molecule has 2 aromatic rings. The summed E-state index contributed by atoms with van der Waals surface area (Å²) in [4.78, 5) is 22.8. The van der Waals surface area contributed by atoms with Crippen molar-refractivity contribution in [3.63, 3.8) is 0 Å². The lowest BCUT2D eigenvalue weighted by Crippen LogP contribution is -2.48. The van der Waals surface area contributed by atoms with E-state index in [0.29, 0.717) is 27.0 Å². The topological polar surface area (TPSA) is 75.6 Å². The number of anilines is 1. The molecule has 0 amide bonds. The number of benzene rings is 2. The summed E-state index contributed by atoms with van der Waals surface area (Å²) in [7, 11) is 0. The molecule has 2 heterocycles. The number of hydrogen-bond acceptors (Lipinski definition) is 4. The maximum atomic E-state index is 11.7. The molecule has 0 saturated heterocycles. The zero-order chi connectivity index (χ0) is 17.0. The Kier molecular flexibility index (Phi) is 3.44. The van der Waals surface area contributed by atoms with Crippen LogP contribution in [0.1, 0.15) is 27.4 Å². The van der Waals surface area contributed by atoms with Crippen LogP contribution in [-0.4, -0.2) is 29.5 Å². The first kappa shape index (κ1) is 15.3. The monoisotopic (exact) mass is 363 g/mol. The Morgan fingerprint density at radius 2 is 2.04 bits per heavy atom.